The number of thiophene rings is 2. The summed E-state index contributed by atoms with van der Waals surface area (Å²) in [6, 6.07) is 17.9. The van der Waals surface area contributed by atoms with Crippen LogP contribution in [-0.4, -0.2) is 80.1 Å². The number of nitro groups is 1. The van der Waals surface area contributed by atoms with Crippen LogP contribution in [0.25, 0.3) is 20.9 Å². The first-order chi connectivity index (χ1) is 24.1. The molecule has 50 heavy (non-hydrogen) atoms. The van der Waals surface area contributed by atoms with Crippen LogP contribution < -0.4 is 27.0 Å². The molecule has 2 saturated heterocycles. The van der Waals surface area contributed by atoms with Gasteiger partial charge in [0.25, 0.3) is 5.69 Å². The molecular weight excluding hydrogens is 673 g/mol. The first kappa shape index (κ1) is 36.8. The van der Waals surface area contributed by atoms with E-state index >= 15 is 0 Å². The zero-order chi connectivity index (χ0) is 35.5. The highest BCUT2D eigenvalue weighted by atomic mass is 32.1. The van der Waals surface area contributed by atoms with Gasteiger partial charge in [-0.2, -0.15) is 0 Å². The largest absolute Gasteiger partial charge is 0.397 e. The van der Waals surface area contributed by atoms with Crippen molar-refractivity contribution < 1.29 is 14.5 Å². The number of likely N-dealkylation sites (tertiary alicyclic amines) is 2. The van der Waals surface area contributed by atoms with E-state index in [0.717, 1.165) is 72.7 Å². The molecule has 266 valence electrons. The summed E-state index contributed by atoms with van der Waals surface area (Å²) in [5.41, 5.74) is 9.23. The molecule has 2 aromatic heterocycles. The standard InChI is InChI=1S/C18H22N4O3S.C18H24N4OS/c1-21-8-6-13(7-9-21)12-19-18(23)20-15-11-14(17-3-2-10-26-17)4-5-16(15)22(24)25;1-22-8-6-13(7-9-22)12-20-18(23)21-16-11-14(4-5-15(16)19)17-3-2-10-24-17/h2-5,10-11,13H,6-9,12H2,1H3,(H2,19,20,23);2-5,10-11,13H,6-9,12,19H2,1H3,(H2,20,21,23). The van der Waals surface area contributed by atoms with Crippen molar-refractivity contribution in [2.75, 3.05) is 69.7 Å². The third kappa shape index (κ3) is 10.7. The molecule has 14 heteroatoms. The maximum Gasteiger partial charge on any atom is 0.319 e. The molecule has 6 N–H and O–H groups in total. The highest BCUT2D eigenvalue weighted by molar-refractivity contribution is 7.13. The molecule has 0 unspecified atom stereocenters. The van der Waals surface area contributed by atoms with Crippen molar-refractivity contribution >= 4 is 57.5 Å². The number of carbonyl (C=O) groups is 2. The van der Waals surface area contributed by atoms with E-state index in [1.807, 2.05) is 47.2 Å². The average Bonchev–Trinajstić information content (AvgIpc) is 3.85. The van der Waals surface area contributed by atoms with Crippen LogP contribution in [0, 0.1) is 22.0 Å². The third-order valence-electron chi connectivity index (χ3n) is 9.13. The first-order valence-electron chi connectivity index (χ1n) is 16.9. The first-order valence-corrected chi connectivity index (χ1v) is 18.6. The number of rotatable bonds is 9. The van der Waals surface area contributed by atoms with Gasteiger partial charge in [-0.05, 0) is 136 Å². The molecule has 2 aliphatic rings. The van der Waals surface area contributed by atoms with E-state index in [0.29, 0.717) is 36.3 Å². The molecule has 2 fully saturated rings. The molecule has 0 atom stereocenters. The van der Waals surface area contributed by atoms with Gasteiger partial charge in [-0.25, -0.2) is 9.59 Å². The van der Waals surface area contributed by atoms with Crippen molar-refractivity contribution in [3.8, 4) is 20.9 Å². The van der Waals surface area contributed by atoms with Crippen LogP contribution in [0.5, 0.6) is 0 Å². The molecular formula is C36H46N8O4S2. The summed E-state index contributed by atoms with van der Waals surface area (Å²) >= 11 is 3.21. The fourth-order valence-electron chi connectivity index (χ4n) is 5.99. The molecule has 0 radical (unpaired) electrons. The molecule has 4 aromatic rings. The molecule has 12 nitrogen and oxygen atoms in total. The Morgan fingerprint density at radius 1 is 0.760 bits per heavy atom. The zero-order valence-corrected chi connectivity index (χ0v) is 30.2. The van der Waals surface area contributed by atoms with Gasteiger partial charge >= 0.3 is 12.1 Å². The topological polar surface area (TPSA) is 158 Å². The Bertz CT molecular complexity index is 1700. The number of nitro benzene ring substituents is 1. The van der Waals surface area contributed by atoms with E-state index in [4.69, 9.17) is 5.73 Å². The Kier molecular flexibility index (Phi) is 13.2. The number of nitrogens with one attached hydrogen (secondary N) is 4. The van der Waals surface area contributed by atoms with Gasteiger partial charge in [0.15, 0.2) is 0 Å². The van der Waals surface area contributed by atoms with Gasteiger partial charge in [0.1, 0.15) is 5.69 Å². The zero-order valence-electron chi connectivity index (χ0n) is 28.5. The van der Waals surface area contributed by atoms with Crippen molar-refractivity contribution in [1.29, 1.82) is 0 Å². The SMILES string of the molecule is CN1CCC(CNC(=O)Nc2cc(-c3cccs3)ccc2N)CC1.CN1CCC(CNC(=O)Nc2cc(-c3cccs3)ccc2[N+](=O)[O-])CC1. The van der Waals surface area contributed by atoms with E-state index in [1.54, 1.807) is 34.8 Å². The Morgan fingerprint density at radius 2 is 1.22 bits per heavy atom. The predicted molar refractivity (Wildman–Crippen MR) is 205 cm³/mol. The monoisotopic (exact) mass is 718 g/mol. The number of hydrogen-bond acceptors (Lipinski definition) is 9. The molecule has 0 aliphatic carbocycles. The summed E-state index contributed by atoms with van der Waals surface area (Å²) in [6.45, 7) is 5.56. The lowest BCUT2D eigenvalue weighted by Gasteiger charge is -2.28. The minimum Gasteiger partial charge on any atom is -0.397 e. The molecule has 0 saturated carbocycles. The lowest BCUT2D eigenvalue weighted by Crippen LogP contribution is -2.38. The number of piperidine rings is 2. The second kappa shape index (κ2) is 17.9. The van der Waals surface area contributed by atoms with Crippen molar-refractivity contribution in [3.05, 3.63) is 81.5 Å². The number of nitrogen functional groups attached to an aromatic ring is 1. The number of benzene rings is 2. The smallest absolute Gasteiger partial charge is 0.319 e. The predicted octanol–water partition coefficient (Wildman–Crippen LogP) is 7.25. The van der Waals surface area contributed by atoms with Gasteiger partial charge in [0.05, 0.1) is 16.3 Å². The van der Waals surface area contributed by atoms with Gasteiger partial charge in [-0.1, -0.05) is 18.2 Å². The van der Waals surface area contributed by atoms with E-state index in [2.05, 4.69) is 51.2 Å². The number of anilines is 3. The number of nitrogens with two attached hydrogens (primary N) is 1. The van der Waals surface area contributed by atoms with Gasteiger partial charge in [0, 0.05) is 28.9 Å². The third-order valence-corrected chi connectivity index (χ3v) is 11.0. The van der Waals surface area contributed by atoms with Crippen molar-refractivity contribution in [3.63, 3.8) is 0 Å². The number of nitrogens with zero attached hydrogens (tertiary/aromatic N) is 3. The van der Waals surface area contributed by atoms with Crippen LogP contribution in [-0.2, 0) is 0 Å². The maximum absolute atomic E-state index is 12.2. The second-order valence-electron chi connectivity index (χ2n) is 12.9. The summed E-state index contributed by atoms with van der Waals surface area (Å²) in [7, 11) is 4.23. The molecule has 0 spiro atoms. The normalized spacial score (nSPS) is 15.8. The van der Waals surface area contributed by atoms with Crippen LogP contribution in [0.3, 0.4) is 0 Å². The second-order valence-corrected chi connectivity index (χ2v) is 14.8. The van der Waals surface area contributed by atoms with E-state index in [1.165, 1.54) is 6.07 Å². The number of amides is 4. The highest BCUT2D eigenvalue weighted by Crippen LogP contribution is 2.33. The lowest BCUT2D eigenvalue weighted by atomic mass is 9.97. The molecule has 4 heterocycles. The van der Waals surface area contributed by atoms with Crippen LogP contribution in [0.1, 0.15) is 25.7 Å². The minimum absolute atomic E-state index is 0.111. The van der Waals surface area contributed by atoms with Crippen LogP contribution in [0.4, 0.5) is 32.3 Å². The molecule has 2 aromatic carbocycles. The minimum atomic E-state index is -0.481. The molecule has 4 amide bonds. The van der Waals surface area contributed by atoms with Crippen LogP contribution in [0.15, 0.2) is 71.4 Å². The van der Waals surface area contributed by atoms with Gasteiger partial charge < -0.3 is 36.8 Å². The van der Waals surface area contributed by atoms with Crippen LogP contribution in [0.2, 0.25) is 0 Å². The van der Waals surface area contributed by atoms with Crippen molar-refractivity contribution in [1.82, 2.24) is 20.4 Å². The van der Waals surface area contributed by atoms with E-state index < -0.39 is 11.0 Å². The molecule has 0 bridgehead atoms. The molecule has 6 rings (SSSR count). The Labute approximate surface area is 301 Å². The van der Waals surface area contributed by atoms with Crippen LogP contribution >= 0.6 is 22.7 Å². The Morgan fingerprint density at radius 3 is 1.68 bits per heavy atom. The summed E-state index contributed by atoms with van der Waals surface area (Å²) in [4.78, 5) is 42.0. The van der Waals surface area contributed by atoms with Crippen molar-refractivity contribution in [2.24, 2.45) is 11.8 Å². The average molecular weight is 719 g/mol. The fourth-order valence-corrected chi connectivity index (χ4v) is 7.44. The van der Waals surface area contributed by atoms with Gasteiger partial charge in [0.2, 0.25) is 0 Å². The number of urea groups is 2. The lowest BCUT2D eigenvalue weighted by molar-refractivity contribution is -0.383. The van der Waals surface area contributed by atoms with E-state index in [9.17, 15) is 19.7 Å². The fraction of sp³-hybridized carbons (Fsp3) is 0.389. The number of carbonyl (C=O) groups excluding carboxylic acids is 2. The molecule has 2 aliphatic heterocycles. The number of hydrogen-bond donors (Lipinski definition) is 5. The van der Waals surface area contributed by atoms with E-state index in [-0.39, 0.29) is 17.4 Å². The summed E-state index contributed by atoms with van der Waals surface area (Å²) in [5, 5.41) is 26.6. The van der Waals surface area contributed by atoms with Crippen molar-refractivity contribution in [2.45, 2.75) is 25.7 Å². The quantitative estimate of drug-likeness (QED) is 0.0693. The highest BCUT2D eigenvalue weighted by Gasteiger charge is 2.21. The summed E-state index contributed by atoms with van der Waals surface area (Å²) < 4.78 is 0. The van der Waals surface area contributed by atoms with Gasteiger partial charge in [-0.15, -0.1) is 22.7 Å². The maximum atomic E-state index is 12.2. The van der Waals surface area contributed by atoms with Gasteiger partial charge in [-0.3, -0.25) is 10.1 Å². The Hall–Kier alpha value is -4.50. The Balaban J connectivity index is 0.000000195. The summed E-state index contributed by atoms with van der Waals surface area (Å²) in [5.74, 6) is 1.01. The summed E-state index contributed by atoms with van der Waals surface area (Å²) in [6.07, 6.45) is 4.36.